The van der Waals surface area contributed by atoms with Crippen LogP contribution in [0.5, 0.6) is 0 Å². The van der Waals surface area contributed by atoms with Crippen LogP contribution in [0.2, 0.25) is 0 Å². The van der Waals surface area contributed by atoms with Gasteiger partial charge in [0.15, 0.2) is 0 Å². The van der Waals surface area contributed by atoms with Crippen LogP contribution < -0.4 is 5.73 Å². The van der Waals surface area contributed by atoms with Crippen LogP contribution in [0.4, 0.5) is 19.0 Å². The zero-order valence-corrected chi connectivity index (χ0v) is 19.8. The molecule has 10 heteroatoms. The monoisotopic (exact) mass is 500 g/mol. The highest BCUT2D eigenvalue weighted by Gasteiger charge is 2.33. The van der Waals surface area contributed by atoms with Crippen molar-refractivity contribution in [3.8, 4) is 0 Å². The minimum atomic E-state index is -4.49. The molecule has 3 heterocycles. The number of aromatic nitrogens is 2. The second-order valence-corrected chi connectivity index (χ2v) is 9.52. The summed E-state index contributed by atoms with van der Waals surface area (Å²) in [5, 5.41) is 11.0. The van der Waals surface area contributed by atoms with Gasteiger partial charge >= 0.3 is 6.18 Å². The molecule has 3 N–H and O–H groups in total. The number of alkyl halides is 3. The number of pyridine rings is 2. The van der Waals surface area contributed by atoms with E-state index in [1.165, 1.54) is 6.07 Å². The molecular weight excluding hydrogens is 473 g/mol. The number of rotatable bonds is 4. The van der Waals surface area contributed by atoms with E-state index in [1.54, 1.807) is 23.1 Å². The van der Waals surface area contributed by atoms with Gasteiger partial charge in [-0.05, 0) is 68.5 Å². The van der Waals surface area contributed by atoms with Gasteiger partial charge in [0.2, 0.25) is 0 Å². The first-order chi connectivity index (χ1) is 17.1. The predicted octanol–water partition coefficient (Wildman–Crippen LogP) is 4.77. The van der Waals surface area contributed by atoms with Crippen LogP contribution in [0.25, 0.3) is 10.9 Å². The van der Waals surface area contributed by atoms with Crippen molar-refractivity contribution < 1.29 is 27.8 Å². The molecule has 0 saturated heterocycles. The highest BCUT2D eigenvalue weighted by atomic mass is 19.4. The fourth-order valence-corrected chi connectivity index (χ4v) is 5.21. The first-order valence-corrected chi connectivity index (χ1v) is 12.0. The van der Waals surface area contributed by atoms with Crippen LogP contribution in [0.3, 0.4) is 0 Å². The molecule has 2 aromatic heterocycles. The number of ether oxygens (including phenoxy) is 1. The highest BCUT2D eigenvalue weighted by molar-refractivity contribution is 5.99. The summed E-state index contributed by atoms with van der Waals surface area (Å²) in [7, 11) is 0. The molecule has 3 aromatic rings. The van der Waals surface area contributed by atoms with Crippen LogP contribution in [-0.4, -0.2) is 38.0 Å². The van der Waals surface area contributed by atoms with E-state index in [9.17, 15) is 23.1 Å². The van der Waals surface area contributed by atoms with Crippen molar-refractivity contribution in [2.45, 2.75) is 70.2 Å². The average Bonchev–Trinajstić information content (AvgIpc) is 3.24. The maximum absolute atomic E-state index is 13.8. The minimum absolute atomic E-state index is 0.0324. The van der Waals surface area contributed by atoms with E-state index in [2.05, 4.69) is 9.97 Å². The largest absolute Gasteiger partial charge is 0.417 e. The molecule has 5 rings (SSSR count). The molecule has 0 bridgehead atoms. The van der Waals surface area contributed by atoms with E-state index < -0.39 is 17.8 Å². The number of carbonyl (C=O) groups excluding carboxylic acids is 1. The number of hydrogen-bond acceptors (Lipinski definition) is 6. The number of halogens is 3. The third kappa shape index (κ3) is 4.62. The smallest absolute Gasteiger partial charge is 0.393 e. The molecule has 1 amide bonds. The molecule has 0 spiro atoms. The first kappa shape index (κ1) is 24.5. The van der Waals surface area contributed by atoms with Gasteiger partial charge in [-0.3, -0.25) is 9.78 Å². The van der Waals surface area contributed by atoms with Crippen molar-refractivity contribution in [1.29, 1.82) is 0 Å². The Kier molecular flexibility index (Phi) is 6.34. The fourth-order valence-electron chi connectivity index (χ4n) is 5.21. The molecular formula is C26H27F3N4O3. The molecule has 190 valence electrons. The van der Waals surface area contributed by atoms with E-state index in [0.29, 0.717) is 48.5 Å². The Morgan fingerprint density at radius 1 is 1.25 bits per heavy atom. The fraction of sp³-hybridized carbons (Fsp3) is 0.423. The van der Waals surface area contributed by atoms with Gasteiger partial charge in [-0.15, -0.1) is 0 Å². The number of anilines is 1. The van der Waals surface area contributed by atoms with Crippen molar-refractivity contribution in [1.82, 2.24) is 14.9 Å². The Morgan fingerprint density at radius 3 is 2.75 bits per heavy atom. The van der Waals surface area contributed by atoms with E-state index >= 15 is 0 Å². The lowest BCUT2D eigenvalue weighted by molar-refractivity contribution is -0.137. The normalized spacial score (nSPS) is 22.0. The van der Waals surface area contributed by atoms with E-state index in [-0.39, 0.29) is 24.6 Å². The third-order valence-corrected chi connectivity index (χ3v) is 7.10. The second-order valence-electron chi connectivity index (χ2n) is 9.52. The van der Waals surface area contributed by atoms with Crippen LogP contribution in [0.15, 0.2) is 36.5 Å². The van der Waals surface area contributed by atoms with Gasteiger partial charge in [0.25, 0.3) is 5.91 Å². The quantitative estimate of drug-likeness (QED) is 0.535. The molecule has 1 aromatic carbocycles. The molecule has 7 nitrogen and oxygen atoms in total. The number of aliphatic hydroxyl groups excluding tert-OH is 1. The van der Waals surface area contributed by atoms with Gasteiger partial charge in [-0.1, -0.05) is 0 Å². The number of aliphatic hydroxyl groups is 1. The molecule has 0 unspecified atom stereocenters. The number of hydrogen-bond donors (Lipinski definition) is 2. The summed E-state index contributed by atoms with van der Waals surface area (Å²) >= 11 is 0. The number of fused-ring (bicyclic) bond motifs is 3. The SMILES string of the molecule is C[C@@H]1OCc2c1c(N)nc1ccc(C(=O)N(Cc3ccc(C(F)(F)F)cn3)[C@@H]3CCC[C@H](O)C3)cc21. The number of benzene rings is 1. The van der Waals surface area contributed by atoms with Crippen molar-refractivity contribution in [3.05, 3.63) is 64.5 Å². The van der Waals surface area contributed by atoms with Gasteiger partial charge in [-0.25, -0.2) is 4.98 Å². The Bertz CT molecular complexity index is 1300. The van der Waals surface area contributed by atoms with E-state index in [1.807, 2.05) is 6.92 Å². The number of nitrogen functional groups attached to an aromatic ring is 1. The van der Waals surface area contributed by atoms with Crippen molar-refractivity contribution >= 4 is 22.6 Å². The number of amides is 1. The summed E-state index contributed by atoms with van der Waals surface area (Å²) in [4.78, 5) is 23.9. The zero-order valence-electron chi connectivity index (χ0n) is 19.8. The van der Waals surface area contributed by atoms with E-state index in [4.69, 9.17) is 10.5 Å². The Morgan fingerprint density at radius 2 is 2.06 bits per heavy atom. The number of nitrogens with two attached hydrogens (primary N) is 1. The van der Waals surface area contributed by atoms with Crippen LogP contribution in [-0.2, 0) is 24.1 Å². The summed E-state index contributed by atoms with van der Waals surface area (Å²) in [5.74, 6) is 0.128. The van der Waals surface area contributed by atoms with Crippen LogP contribution in [0.1, 0.15) is 71.5 Å². The molecule has 1 fully saturated rings. The summed E-state index contributed by atoms with van der Waals surface area (Å²) in [6.07, 6.45) is -1.94. The zero-order chi connectivity index (χ0) is 25.6. The predicted molar refractivity (Wildman–Crippen MR) is 127 cm³/mol. The number of carbonyl (C=O) groups is 1. The number of nitrogens with zero attached hydrogens (tertiary/aromatic N) is 3. The summed E-state index contributed by atoms with van der Waals surface area (Å²) < 4.78 is 44.7. The molecule has 1 aliphatic carbocycles. The Hall–Kier alpha value is -3.24. The standard InChI is InChI=1S/C26H27F3N4O3/c1-14-23-21(13-36-14)20-9-15(5-8-22(20)32-24(23)30)25(35)33(18-3-2-4-19(34)10-18)12-17-7-6-16(11-31-17)26(27,28)29/h5-9,11,14,18-19,34H,2-4,10,12-13H2,1H3,(H2,30,32)/t14-,18+,19-/m0/s1. The average molecular weight is 501 g/mol. The van der Waals surface area contributed by atoms with Gasteiger partial charge in [0.05, 0.1) is 42.1 Å². The van der Waals surface area contributed by atoms with Crippen LogP contribution >= 0.6 is 0 Å². The maximum atomic E-state index is 13.8. The lowest BCUT2D eigenvalue weighted by atomic mass is 9.91. The van der Waals surface area contributed by atoms with Gasteiger partial charge in [0, 0.05) is 28.8 Å². The van der Waals surface area contributed by atoms with Gasteiger partial charge in [-0.2, -0.15) is 13.2 Å². The summed E-state index contributed by atoms with van der Waals surface area (Å²) in [5.41, 5.74) is 8.45. The molecule has 3 atom stereocenters. The summed E-state index contributed by atoms with van der Waals surface area (Å²) in [6, 6.07) is 7.19. The topological polar surface area (TPSA) is 102 Å². The maximum Gasteiger partial charge on any atom is 0.417 e. The van der Waals surface area contributed by atoms with Crippen molar-refractivity contribution in [2.24, 2.45) is 0 Å². The summed E-state index contributed by atoms with van der Waals surface area (Å²) in [6.45, 7) is 2.30. The Labute approximate surface area is 206 Å². The molecule has 2 aliphatic rings. The molecule has 1 saturated carbocycles. The van der Waals surface area contributed by atoms with Gasteiger partial charge < -0.3 is 20.5 Å². The lowest BCUT2D eigenvalue weighted by Gasteiger charge is -2.36. The van der Waals surface area contributed by atoms with Gasteiger partial charge in [0.1, 0.15) is 5.82 Å². The van der Waals surface area contributed by atoms with Crippen molar-refractivity contribution in [3.63, 3.8) is 0 Å². The molecule has 1 aliphatic heterocycles. The molecule has 0 radical (unpaired) electrons. The third-order valence-electron chi connectivity index (χ3n) is 7.10. The highest BCUT2D eigenvalue weighted by Crippen LogP contribution is 2.38. The lowest BCUT2D eigenvalue weighted by Crippen LogP contribution is -2.43. The minimum Gasteiger partial charge on any atom is -0.393 e. The van der Waals surface area contributed by atoms with Crippen molar-refractivity contribution in [2.75, 3.05) is 5.73 Å². The Balaban J connectivity index is 1.50. The molecule has 36 heavy (non-hydrogen) atoms. The van der Waals surface area contributed by atoms with E-state index in [0.717, 1.165) is 35.2 Å². The van der Waals surface area contributed by atoms with Crippen LogP contribution in [0, 0.1) is 0 Å². The first-order valence-electron chi connectivity index (χ1n) is 12.0. The second kappa shape index (κ2) is 9.33.